The smallest absolute Gasteiger partial charge is 0.273 e. The van der Waals surface area contributed by atoms with E-state index >= 15 is 0 Å². The molecule has 10 heteroatoms. The zero-order valence-corrected chi connectivity index (χ0v) is 19.1. The number of non-ortho nitro benzene ring substituents is 1. The van der Waals surface area contributed by atoms with Gasteiger partial charge >= 0.3 is 0 Å². The van der Waals surface area contributed by atoms with E-state index in [0.717, 1.165) is 4.47 Å². The third-order valence-electron chi connectivity index (χ3n) is 4.44. The van der Waals surface area contributed by atoms with Gasteiger partial charge in [0.05, 0.1) is 34.3 Å². The maximum atomic E-state index is 12.9. The molecule has 31 heavy (non-hydrogen) atoms. The molecule has 1 aliphatic rings. The number of nitrogens with zero attached hydrogens (tertiary/aromatic N) is 2. The standard InChI is InChI=1S/C21H13BrN2O5S2/c1-28-18-10-14(24(26)27)6-8-16(18)17-9-7-15(29-17)11-19-20(25)23(21(30)31-19)13-4-2-12(22)3-5-13/h2-11H,1H3/b19-11+. The van der Waals surface area contributed by atoms with Crippen LogP contribution in [0.3, 0.4) is 0 Å². The van der Waals surface area contributed by atoms with E-state index in [1.54, 1.807) is 24.3 Å². The van der Waals surface area contributed by atoms with E-state index in [2.05, 4.69) is 15.9 Å². The largest absolute Gasteiger partial charge is 0.496 e. The van der Waals surface area contributed by atoms with Crippen molar-refractivity contribution in [2.45, 2.75) is 0 Å². The summed E-state index contributed by atoms with van der Waals surface area (Å²) in [4.78, 5) is 25.3. The van der Waals surface area contributed by atoms with Crippen LogP contribution in [0.25, 0.3) is 17.4 Å². The number of carbonyl (C=O) groups excluding carboxylic acids is 1. The first kappa shape index (κ1) is 21.3. The minimum atomic E-state index is -0.493. The molecule has 0 atom stereocenters. The second-order valence-electron chi connectivity index (χ2n) is 6.34. The highest BCUT2D eigenvalue weighted by Crippen LogP contribution is 2.38. The Hall–Kier alpha value is -2.95. The molecule has 2 heterocycles. The second-order valence-corrected chi connectivity index (χ2v) is 8.93. The number of nitro groups is 1. The van der Waals surface area contributed by atoms with Crippen molar-refractivity contribution in [2.75, 3.05) is 12.0 Å². The van der Waals surface area contributed by atoms with Gasteiger partial charge in [-0.2, -0.15) is 0 Å². The van der Waals surface area contributed by atoms with Gasteiger partial charge in [0.2, 0.25) is 0 Å². The predicted octanol–water partition coefficient (Wildman–Crippen LogP) is 6.03. The Labute approximate surface area is 195 Å². The molecule has 0 N–H and O–H groups in total. The lowest BCUT2D eigenvalue weighted by molar-refractivity contribution is -0.384. The second kappa shape index (κ2) is 8.66. The molecule has 0 radical (unpaired) electrons. The molecular weight excluding hydrogens is 504 g/mol. The topological polar surface area (TPSA) is 85.8 Å². The number of hydrogen-bond donors (Lipinski definition) is 0. The third kappa shape index (κ3) is 4.27. The minimum Gasteiger partial charge on any atom is -0.496 e. The lowest BCUT2D eigenvalue weighted by Crippen LogP contribution is -2.27. The Morgan fingerprint density at radius 1 is 1.19 bits per heavy atom. The molecule has 0 unspecified atom stereocenters. The quantitative estimate of drug-likeness (QED) is 0.177. The molecule has 2 aromatic carbocycles. The Balaban J connectivity index is 1.62. The fraction of sp³-hybridized carbons (Fsp3) is 0.0476. The number of amides is 1. The maximum absolute atomic E-state index is 12.9. The van der Waals surface area contributed by atoms with Crippen molar-refractivity contribution in [3.63, 3.8) is 0 Å². The lowest BCUT2D eigenvalue weighted by Gasteiger charge is -2.14. The van der Waals surface area contributed by atoms with E-state index in [0.29, 0.717) is 37.7 Å². The Kier molecular flexibility index (Phi) is 5.94. The van der Waals surface area contributed by atoms with Crippen LogP contribution < -0.4 is 9.64 Å². The van der Waals surface area contributed by atoms with Crippen LogP contribution in [-0.2, 0) is 4.79 Å². The number of halogens is 1. The summed E-state index contributed by atoms with van der Waals surface area (Å²) >= 11 is 9.95. The van der Waals surface area contributed by atoms with Crippen molar-refractivity contribution < 1.29 is 18.9 Å². The van der Waals surface area contributed by atoms with Gasteiger partial charge in [-0.15, -0.1) is 0 Å². The number of ether oxygens (including phenoxy) is 1. The van der Waals surface area contributed by atoms with Crippen LogP contribution >= 0.6 is 39.9 Å². The Bertz CT molecular complexity index is 1240. The zero-order valence-electron chi connectivity index (χ0n) is 15.9. The van der Waals surface area contributed by atoms with Gasteiger partial charge in [-0.05, 0) is 42.5 Å². The molecule has 0 saturated carbocycles. The number of benzene rings is 2. The average Bonchev–Trinajstić information content (AvgIpc) is 3.32. The molecular formula is C21H13BrN2O5S2. The van der Waals surface area contributed by atoms with Crippen molar-refractivity contribution in [3.8, 4) is 17.1 Å². The lowest BCUT2D eigenvalue weighted by atomic mass is 10.1. The SMILES string of the molecule is COc1cc([N+](=O)[O-])ccc1-c1ccc(/C=C2/SC(=S)N(c3ccc(Br)cc3)C2=O)o1. The first-order valence-corrected chi connectivity index (χ1v) is 10.9. The van der Waals surface area contributed by atoms with Gasteiger partial charge in [0.25, 0.3) is 11.6 Å². The summed E-state index contributed by atoms with van der Waals surface area (Å²) in [6.07, 6.45) is 1.62. The van der Waals surface area contributed by atoms with Gasteiger partial charge in [0.1, 0.15) is 17.3 Å². The molecule has 0 spiro atoms. The number of anilines is 1. The molecule has 156 valence electrons. The fourth-order valence-electron chi connectivity index (χ4n) is 2.98. The van der Waals surface area contributed by atoms with Gasteiger partial charge in [-0.3, -0.25) is 19.8 Å². The van der Waals surface area contributed by atoms with E-state index in [1.165, 1.54) is 35.9 Å². The van der Waals surface area contributed by atoms with Crippen LogP contribution in [0.1, 0.15) is 5.76 Å². The van der Waals surface area contributed by atoms with E-state index in [4.69, 9.17) is 21.4 Å². The number of hydrogen-bond acceptors (Lipinski definition) is 7. The predicted molar refractivity (Wildman–Crippen MR) is 127 cm³/mol. The van der Waals surface area contributed by atoms with Crippen LogP contribution in [0.15, 0.2) is 68.4 Å². The molecule has 1 saturated heterocycles. The minimum absolute atomic E-state index is 0.0796. The van der Waals surface area contributed by atoms with E-state index in [-0.39, 0.29) is 11.6 Å². The highest BCUT2D eigenvalue weighted by molar-refractivity contribution is 9.10. The highest BCUT2D eigenvalue weighted by Gasteiger charge is 2.33. The van der Waals surface area contributed by atoms with Crippen molar-refractivity contribution in [3.05, 3.63) is 79.8 Å². The van der Waals surface area contributed by atoms with E-state index in [9.17, 15) is 14.9 Å². The van der Waals surface area contributed by atoms with E-state index in [1.807, 2.05) is 24.3 Å². The van der Waals surface area contributed by atoms with Crippen LogP contribution in [0.5, 0.6) is 5.75 Å². The molecule has 1 aromatic heterocycles. The summed E-state index contributed by atoms with van der Waals surface area (Å²) in [6.45, 7) is 0. The summed E-state index contributed by atoms with van der Waals surface area (Å²) in [6, 6.07) is 15.0. The van der Waals surface area contributed by atoms with Gasteiger partial charge < -0.3 is 9.15 Å². The van der Waals surface area contributed by atoms with Crippen LogP contribution in [0, 0.1) is 10.1 Å². The highest BCUT2D eigenvalue weighted by atomic mass is 79.9. The molecule has 0 bridgehead atoms. The number of carbonyl (C=O) groups is 1. The monoisotopic (exact) mass is 516 g/mol. The molecule has 3 aromatic rings. The number of nitro benzene ring substituents is 1. The fourth-order valence-corrected chi connectivity index (χ4v) is 4.53. The van der Waals surface area contributed by atoms with Gasteiger partial charge in [0.15, 0.2) is 4.32 Å². The van der Waals surface area contributed by atoms with Crippen molar-refractivity contribution in [1.82, 2.24) is 0 Å². The Morgan fingerprint density at radius 3 is 2.61 bits per heavy atom. The summed E-state index contributed by atoms with van der Waals surface area (Å²) in [5.74, 6) is 0.993. The van der Waals surface area contributed by atoms with Crippen molar-refractivity contribution in [2.24, 2.45) is 0 Å². The van der Waals surface area contributed by atoms with Gasteiger partial charge in [-0.1, -0.05) is 39.9 Å². The summed E-state index contributed by atoms with van der Waals surface area (Å²) < 4.78 is 12.5. The summed E-state index contributed by atoms with van der Waals surface area (Å²) in [5.41, 5.74) is 1.17. The number of thioether (sulfide) groups is 1. The van der Waals surface area contributed by atoms with Gasteiger partial charge in [0, 0.05) is 16.6 Å². The number of thiocarbonyl (C=S) groups is 1. The molecule has 0 aliphatic carbocycles. The summed E-state index contributed by atoms with van der Waals surface area (Å²) in [5, 5.41) is 11.0. The normalized spacial score (nSPS) is 15.0. The number of furan rings is 1. The molecule has 1 amide bonds. The van der Waals surface area contributed by atoms with Crippen molar-refractivity contribution in [1.29, 1.82) is 0 Å². The van der Waals surface area contributed by atoms with Crippen LogP contribution in [0.4, 0.5) is 11.4 Å². The Morgan fingerprint density at radius 2 is 1.94 bits per heavy atom. The van der Waals surface area contributed by atoms with Gasteiger partial charge in [-0.25, -0.2) is 0 Å². The molecule has 4 rings (SSSR count). The number of methoxy groups -OCH3 is 1. The van der Waals surface area contributed by atoms with E-state index < -0.39 is 4.92 Å². The van der Waals surface area contributed by atoms with Crippen LogP contribution in [0.2, 0.25) is 0 Å². The van der Waals surface area contributed by atoms with Crippen molar-refractivity contribution >= 4 is 67.6 Å². The molecule has 1 aliphatic heterocycles. The first-order valence-electron chi connectivity index (χ1n) is 8.83. The maximum Gasteiger partial charge on any atom is 0.273 e. The molecule has 7 nitrogen and oxygen atoms in total. The summed E-state index contributed by atoms with van der Waals surface area (Å²) in [7, 11) is 1.43. The zero-order chi connectivity index (χ0) is 22.1. The van der Waals surface area contributed by atoms with Crippen LogP contribution in [-0.4, -0.2) is 22.3 Å². The number of rotatable bonds is 5. The average molecular weight is 517 g/mol. The molecule has 1 fully saturated rings. The third-order valence-corrected chi connectivity index (χ3v) is 6.27. The first-order chi connectivity index (χ1) is 14.9.